The normalized spacial score (nSPS) is 14.4. The number of nitrogens with one attached hydrogen (secondary N) is 1. The molecule has 0 aliphatic carbocycles. The Kier molecular flexibility index (Phi) is 4.09. The molecule has 1 fully saturated rings. The summed E-state index contributed by atoms with van der Waals surface area (Å²) >= 11 is 0. The first-order valence-corrected chi connectivity index (χ1v) is 7.20. The van der Waals surface area contributed by atoms with E-state index in [0.717, 1.165) is 26.1 Å². The van der Waals surface area contributed by atoms with E-state index in [0.29, 0.717) is 11.9 Å². The van der Waals surface area contributed by atoms with E-state index in [9.17, 15) is 0 Å². The summed E-state index contributed by atoms with van der Waals surface area (Å²) < 4.78 is 0. The molecule has 2 aromatic rings. The molecule has 0 saturated carbocycles. The average Bonchev–Trinajstić information content (AvgIpc) is 3.02. The van der Waals surface area contributed by atoms with E-state index in [1.165, 1.54) is 18.4 Å². The summed E-state index contributed by atoms with van der Waals surface area (Å²) in [5.74, 6) is 1.48. The molecule has 2 aromatic heterocycles. The Morgan fingerprint density at radius 1 is 1.10 bits per heavy atom. The summed E-state index contributed by atoms with van der Waals surface area (Å²) in [4.78, 5) is 19.0. The third-order valence-electron chi connectivity index (χ3n) is 3.48. The predicted octanol–water partition coefficient (Wildman–Crippen LogP) is 1.10. The topological polar surface area (TPSA) is 92.8 Å². The minimum Gasteiger partial charge on any atom is -0.368 e. The van der Waals surface area contributed by atoms with Crippen molar-refractivity contribution in [1.82, 2.24) is 19.9 Å². The lowest BCUT2D eigenvalue weighted by Gasteiger charge is -2.16. The van der Waals surface area contributed by atoms with Gasteiger partial charge < -0.3 is 16.0 Å². The van der Waals surface area contributed by atoms with Gasteiger partial charge in [-0.25, -0.2) is 0 Å². The molecule has 0 amide bonds. The van der Waals surface area contributed by atoms with E-state index in [1.807, 2.05) is 12.1 Å². The van der Waals surface area contributed by atoms with Crippen LogP contribution >= 0.6 is 0 Å². The molecule has 7 nitrogen and oxygen atoms in total. The number of aromatic nitrogens is 4. The van der Waals surface area contributed by atoms with E-state index in [2.05, 4.69) is 30.2 Å². The Morgan fingerprint density at radius 3 is 2.62 bits per heavy atom. The molecule has 3 rings (SSSR count). The summed E-state index contributed by atoms with van der Waals surface area (Å²) in [6, 6.07) is 4.00. The Bertz CT molecular complexity index is 581. The molecule has 0 bridgehead atoms. The van der Waals surface area contributed by atoms with Gasteiger partial charge in [0.2, 0.25) is 17.8 Å². The van der Waals surface area contributed by atoms with Crippen LogP contribution < -0.4 is 16.0 Å². The first kappa shape index (κ1) is 13.5. The number of nitrogens with two attached hydrogens (primary N) is 1. The number of nitrogen functional groups attached to an aromatic ring is 1. The number of hydrogen-bond acceptors (Lipinski definition) is 7. The highest BCUT2D eigenvalue weighted by Gasteiger charge is 2.16. The van der Waals surface area contributed by atoms with Crippen molar-refractivity contribution >= 4 is 17.8 Å². The monoisotopic (exact) mass is 285 g/mol. The summed E-state index contributed by atoms with van der Waals surface area (Å²) in [5, 5.41) is 3.21. The Hall–Kier alpha value is -2.44. The van der Waals surface area contributed by atoms with Gasteiger partial charge in [-0.1, -0.05) is 0 Å². The molecule has 1 saturated heterocycles. The van der Waals surface area contributed by atoms with Crippen molar-refractivity contribution in [3.05, 3.63) is 30.1 Å². The molecule has 110 valence electrons. The first-order chi connectivity index (χ1) is 10.3. The Labute approximate surface area is 123 Å². The van der Waals surface area contributed by atoms with Gasteiger partial charge in [0.25, 0.3) is 0 Å². The van der Waals surface area contributed by atoms with Gasteiger partial charge in [-0.3, -0.25) is 4.98 Å². The largest absolute Gasteiger partial charge is 0.368 e. The fourth-order valence-corrected chi connectivity index (χ4v) is 2.39. The lowest BCUT2D eigenvalue weighted by molar-refractivity contribution is 0.878. The highest BCUT2D eigenvalue weighted by atomic mass is 15.3. The van der Waals surface area contributed by atoms with Crippen LogP contribution in [0, 0.1) is 0 Å². The van der Waals surface area contributed by atoms with Gasteiger partial charge in [-0.2, -0.15) is 15.0 Å². The second-order valence-corrected chi connectivity index (χ2v) is 5.04. The quantitative estimate of drug-likeness (QED) is 0.849. The molecule has 3 N–H and O–H groups in total. The van der Waals surface area contributed by atoms with Crippen LogP contribution in [0.4, 0.5) is 17.8 Å². The first-order valence-electron chi connectivity index (χ1n) is 7.20. The predicted molar refractivity (Wildman–Crippen MR) is 82.1 cm³/mol. The number of hydrogen-bond donors (Lipinski definition) is 2. The molecule has 0 spiro atoms. The van der Waals surface area contributed by atoms with Gasteiger partial charge in [0.05, 0.1) is 0 Å². The molecule has 1 aliphatic heterocycles. The highest BCUT2D eigenvalue weighted by Crippen LogP contribution is 2.17. The molecule has 3 heterocycles. The molecule has 21 heavy (non-hydrogen) atoms. The van der Waals surface area contributed by atoms with Crippen molar-refractivity contribution in [1.29, 1.82) is 0 Å². The summed E-state index contributed by atoms with van der Waals surface area (Å²) in [7, 11) is 0. The van der Waals surface area contributed by atoms with Crippen LogP contribution in [-0.2, 0) is 6.42 Å². The van der Waals surface area contributed by atoms with E-state index in [4.69, 9.17) is 5.73 Å². The molecule has 0 atom stereocenters. The van der Waals surface area contributed by atoms with Crippen molar-refractivity contribution < 1.29 is 0 Å². The lowest BCUT2D eigenvalue weighted by atomic mass is 10.2. The maximum Gasteiger partial charge on any atom is 0.231 e. The SMILES string of the molecule is Nc1nc(NCCc2ccncc2)nc(N2CCCC2)n1. The molecule has 0 aromatic carbocycles. The molecular formula is C14H19N7. The van der Waals surface area contributed by atoms with Crippen LogP contribution in [0.2, 0.25) is 0 Å². The maximum atomic E-state index is 5.77. The van der Waals surface area contributed by atoms with E-state index < -0.39 is 0 Å². The molecule has 7 heteroatoms. The van der Waals surface area contributed by atoms with Gasteiger partial charge in [-0.15, -0.1) is 0 Å². The van der Waals surface area contributed by atoms with Crippen LogP contribution in [0.25, 0.3) is 0 Å². The summed E-state index contributed by atoms with van der Waals surface area (Å²) in [6.45, 7) is 2.72. The Balaban J connectivity index is 1.62. The zero-order valence-electron chi connectivity index (χ0n) is 11.9. The van der Waals surface area contributed by atoms with Gasteiger partial charge in [0, 0.05) is 32.0 Å². The van der Waals surface area contributed by atoms with Crippen LogP contribution in [0.15, 0.2) is 24.5 Å². The van der Waals surface area contributed by atoms with Crippen LogP contribution in [0.1, 0.15) is 18.4 Å². The standard InChI is InChI=1S/C14H19N7/c15-12-18-13(17-8-5-11-3-6-16-7-4-11)20-14(19-12)21-9-1-2-10-21/h3-4,6-7H,1-2,5,8-10H2,(H3,15,17,18,19,20). The minimum atomic E-state index is 0.262. The molecule has 0 radical (unpaired) electrons. The zero-order chi connectivity index (χ0) is 14.5. The van der Waals surface area contributed by atoms with Crippen molar-refractivity contribution in [2.75, 3.05) is 35.6 Å². The number of nitrogens with zero attached hydrogens (tertiary/aromatic N) is 5. The fourth-order valence-electron chi connectivity index (χ4n) is 2.39. The summed E-state index contributed by atoms with van der Waals surface area (Å²) in [6.07, 6.45) is 6.82. The molecule has 1 aliphatic rings. The van der Waals surface area contributed by atoms with Gasteiger partial charge in [0.15, 0.2) is 0 Å². The smallest absolute Gasteiger partial charge is 0.231 e. The van der Waals surface area contributed by atoms with Crippen LogP contribution in [0.3, 0.4) is 0 Å². The van der Waals surface area contributed by atoms with Crippen LogP contribution in [-0.4, -0.2) is 39.6 Å². The number of rotatable bonds is 5. The average molecular weight is 285 g/mol. The molecule has 0 unspecified atom stereocenters. The second-order valence-electron chi connectivity index (χ2n) is 5.04. The van der Waals surface area contributed by atoms with E-state index in [1.54, 1.807) is 12.4 Å². The summed E-state index contributed by atoms with van der Waals surface area (Å²) in [5.41, 5.74) is 6.99. The van der Waals surface area contributed by atoms with Crippen LogP contribution in [0.5, 0.6) is 0 Å². The third kappa shape index (κ3) is 3.56. The zero-order valence-corrected chi connectivity index (χ0v) is 11.9. The molecular weight excluding hydrogens is 266 g/mol. The second kappa shape index (κ2) is 6.34. The van der Waals surface area contributed by atoms with Gasteiger partial charge in [-0.05, 0) is 37.0 Å². The van der Waals surface area contributed by atoms with Crippen molar-refractivity contribution in [2.45, 2.75) is 19.3 Å². The van der Waals surface area contributed by atoms with E-state index >= 15 is 0 Å². The van der Waals surface area contributed by atoms with E-state index in [-0.39, 0.29) is 5.95 Å². The maximum absolute atomic E-state index is 5.77. The van der Waals surface area contributed by atoms with Gasteiger partial charge in [0.1, 0.15) is 0 Å². The Morgan fingerprint density at radius 2 is 1.86 bits per heavy atom. The van der Waals surface area contributed by atoms with Crippen molar-refractivity contribution in [3.8, 4) is 0 Å². The lowest BCUT2D eigenvalue weighted by Crippen LogP contribution is -2.22. The van der Waals surface area contributed by atoms with Crippen molar-refractivity contribution in [3.63, 3.8) is 0 Å². The highest BCUT2D eigenvalue weighted by molar-refractivity contribution is 5.42. The number of anilines is 3. The van der Waals surface area contributed by atoms with Gasteiger partial charge >= 0.3 is 0 Å². The third-order valence-corrected chi connectivity index (χ3v) is 3.48. The van der Waals surface area contributed by atoms with Crippen molar-refractivity contribution in [2.24, 2.45) is 0 Å². The minimum absolute atomic E-state index is 0.262. The number of pyridine rings is 1. The fraction of sp³-hybridized carbons (Fsp3) is 0.429.